The van der Waals surface area contributed by atoms with E-state index < -0.39 is 0 Å². The number of amides is 1. The van der Waals surface area contributed by atoms with E-state index in [1.807, 2.05) is 7.05 Å². The Labute approximate surface area is 79.8 Å². The fourth-order valence-corrected chi connectivity index (χ4v) is 1.63. The van der Waals surface area contributed by atoms with Gasteiger partial charge < -0.3 is 10.2 Å². The van der Waals surface area contributed by atoms with Crippen molar-refractivity contribution >= 4 is 5.91 Å². The van der Waals surface area contributed by atoms with E-state index in [0.717, 1.165) is 17.7 Å². The van der Waals surface area contributed by atoms with Crippen molar-refractivity contribution in [3.8, 4) is 0 Å². The lowest BCUT2D eigenvalue weighted by Crippen LogP contribution is -2.43. The van der Waals surface area contributed by atoms with Gasteiger partial charge in [0.2, 0.25) is 0 Å². The van der Waals surface area contributed by atoms with Gasteiger partial charge in [-0.25, -0.2) is 0 Å². The normalized spacial score (nSPS) is 18.2. The molecule has 13 heavy (non-hydrogen) atoms. The molecule has 0 aliphatic carbocycles. The molecule has 1 amide bonds. The highest BCUT2D eigenvalue weighted by molar-refractivity contribution is 5.95. The lowest BCUT2D eigenvalue weighted by Gasteiger charge is -2.30. The molecule has 0 spiro atoms. The molecule has 0 radical (unpaired) electrons. The number of rotatable bonds is 2. The first-order valence-corrected chi connectivity index (χ1v) is 4.80. The Kier molecular flexibility index (Phi) is 2.96. The van der Waals surface area contributed by atoms with E-state index in [2.05, 4.69) is 26.1 Å². The quantitative estimate of drug-likeness (QED) is 0.698. The van der Waals surface area contributed by atoms with Crippen LogP contribution in [0.15, 0.2) is 11.3 Å². The van der Waals surface area contributed by atoms with Crippen LogP contribution in [0.3, 0.4) is 0 Å². The minimum atomic E-state index is 0.172. The molecule has 0 unspecified atom stereocenters. The molecular formula is C10H18N2O. The Bertz CT molecular complexity index is 243. The number of carbonyl (C=O) groups excluding carboxylic acids is 1. The Morgan fingerprint density at radius 2 is 2.15 bits per heavy atom. The van der Waals surface area contributed by atoms with Crippen LogP contribution in [0.1, 0.15) is 27.2 Å². The molecule has 0 aromatic heterocycles. The Hall–Kier alpha value is -0.990. The second-order valence-corrected chi connectivity index (χ2v) is 3.74. The van der Waals surface area contributed by atoms with Gasteiger partial charge in [0.1, 0.15) is 0 Å². The molecule has 0 aromatic rings. The van der Waals surface area contributed by atoms with Crippen LogP contribution in [0, 0.1) is 5.92 Å². The fourth-order valence-electron chi connectivity index (χ4n) is 1.63. The van der Waals surface area contributed by atoms with Gasteiger partial charge in [-0.2, -0.15) is 0 Å². The van der Waals surface area contributed by atoms with Crippen LogP contribution >= 0.6 is 0 Å². The molecule has 1 rings (SSSR count). The molecule has 1 heterocycles. The number of nitrogens with one attached hydrogen (secondary N) is 1. The number of likely N-dealkylation sites (N-methyl/N-ethyl adjacent to an activating group) is 1. The summed E-state index contributed by atoms with van der Waals surface area (Å²) in [4.78, 5) is 13.5. The molecule has 0 saturated heterocycles. The third-order valence-electron chi connectivity index (χ3n) is 2.36. The van der Waals surface area contributed by atoms with Crippen molar-refractivity contribution in [3.63, 3.8) is 0 Å². The maximum Gasteiger partial charge on any atom is 0.252 e. The van der Waals surface area contributed by atoms with Crippen LogP contribution < -0.4 is 5.32 Å². The summed E-state index contributed by atoms with van der Waals surface area (Å²) in [5, 5.41) is 3.27. The summed E-state index contributed by atoms with van der Waals surface area (Å²) in [5.41, 5.74) is 2.05. The first-order valence-electron chi connectivity index (χ1n) is 4.80. The maximum atomic E-state index is 11.8. The van der Waals surface area contributed by atoms with Crippen LogP contribution in [0.25, 0.3) is 0 Å². The zero-order chi connectivity index (χ0) is 10.0. The van der Waals surface area contributed by atoms with Gasteiger partial charge in [0, 0.05) is 18.3 Å². The molecule has 0 fully saturated rings. The van der Waals surface area contributed by atoms with Gasteiger partial charge in [0.15, 0.2) is 0 Å². The Morgan fingerprint density at radius 3 is 2.62 bits per heavy atom. The zero-order valence-corrected chi connectivity index (χ0v) is 8.85. The number of hydrogen-bond donors (Lipinski definition) is 1. The van der Waals surface area contributed by atoms with Crippen molar-refractivity contribution in [2.45, 2.75) is 27.2 Å². The molecule has 3 heteroatoms. The smallest absolute Gasteiger partial charge is 0.252 e. The number of carbonyl (C=O) groups is 1. The molecule has 1 aliphatic heterocycles. The lowest BCUT2D eigenvalue weighted by molar-refractivity contribution is -0.127. The van der Waals surface area contributed by atoms with Gasteiger partial charge >= 0.3 is 0 Å². The summed E-state index contributed by atoms with van der Waals surface area (Å²) >= 11 is 0. The van der Waals surface area contributed by atoms with E-state index in [1.165, 1.54) is 0 Å². The van der Waals surface area contributed by atoms with E-state index in [9.17, 15) is 4.79 Å². The van der Waals surface area contributed by atoms with Crippen LogP contribution in [-0.4, -0.2) is 24.5 Å². The Morgan fingerprint density at radius 1 is 1.54 bits per heavy atom. The summed E-state index contributed by atoms with van der Waals surface area (Å²) in [6.45, 7) is 6.83. The molecule has 3 nitrogen and oxygen atoms in total. The highest BCUT2D eigenvalue weighted by Crippen LogP contribution is 2.20. The van der Waals surface area contributed by atoms with Crippen molar-refractivity contribution in [2.24, 2.45) is 5.92 Å². The second kappa shape index (κ2) is 3.81. The minimum absolute atomic E-state index is 0.172. The number of hydrogen-bond acceptors (Lipinski definition) is 2. The molecule has 0 saturated carbocycles. The van der Waals surface area contributed by atoms with E-state index in [-0.39, 0.29) is 5.91 Å². The minimum Gasteiger partial charge on any atom is -0.371 e. The van der Waals surface area contributed by atoms with Crippen LogP contribution in [0.4, 0.5) is 0 Å². The summed E-state index contributed by atoms with van der Waals surface area (Å²) < 4.78 is 0. The van der Waals surface area contributed by atoms with Crippen molar-refractivity contribution in [1.82, 2.24) is 10.2 Å². The third kappa shape index (κ3) is 1.85. The summed E-state index contributed by atoms with van der Waals surface area (Å²) in [5.74, 6) is 0.475. The molecule has 0 aromatic carbocycles. The third-order valence-corrected chi connectivity index (χ3v) is 2.36. The van der Waals surface area contributed by atoms with Crippen molar-refractivity contribution in [2.75, 3.05) is 13.7 Å². The van der Waals surface area contributed by atoms with Gasteiger partial charge in [-0.05, 0) is 12.3 Å². The largest absolute Gasteiger partial charge is 0.371 e. The van der Waals surface area contributed by atoms with Crippen LogP contribution in [0.5, 0.6) is 0 Å². The average Bonchev–Trinajstić information content (AvgIpc) is 2.08. The predicted octanol–water partition coefficient (Wildman–Crippen LogP) is 1.33. The van der Waals surface area contributed by atoms with Gasteiger partial charge in [0.25, 0.3) is 5.91 Å². The first kappa shape index (κ1) is 10.1. The van der Waals surface area contributed by atoms with Crippen molar-refractivity contribution in [1.29, 1.82) is 0 Å². The van der Waals surface area contributed by atoms with Crippen LogP contribution in [-0.2, 0) is 4.79 Å². The topological polar surface area (TPSA) is 32.3 Å². The maximum absolute atomic E-state index is 11.8. The van der Waals surface area contributed by atoms with E-state index >= 15 is 0 Å². The van der Waals surface area contributed by atoms with Crippen molar-refractivity contribution in [3.05, 3.63) is 11.3 Å². The fraction of sp³-hybridized carbons (Fsp3) is 0.700. The molecule has 0 atom stereocenters. The molecule has 0 bridgehead atoms. The lowest BCUT2D eigenvalue weighted by atomic mass is 9.97. The molecule has 74 valence electrons. The molecule has 1 N–H and O–H groups in total. The molecule has 1 aliphatic rings. The zero-order valence-electron chi connectivity index (χ0n) is 8.85. The standard InChI is InChI=1S/C10H18N2O/c1-5-8-9(7(2)3)10(13)12(4)6-11-8/h7,11H,5-6H2,1-4H3. The number of nitrogens with zero attached hydrogens (tertiary/aromatic N) is 1. The highest BCUT2D eigenvalue weighted by atomic mass is 16.2. The predicted molar refractivity (Wildman–Crippen MR) is 52.9 cm³/mol. The van der Waals surface area contributed by atoms with Gasteiger partial charge in [-0.3, -0.25) is 4.79 Å². The average molecular weight is 182 g/mol. The summed E-state index contributed by atoms with van der Waals surface area (Å²) in [6, 6.07) is 0. The van der Waals surface area contributed by atoms with Crippen LogP contribution in [0.2, 0.25) is 0 Å². The second-order valence-electron chi connectivity index (χ2n) is 3.74. The van der Waals surface area contributed by atoms with Gasteiger partial charge in [-0.1, -0.05) is 20.8 Å². The van der Waals surface area contributed by atoms with E-state index in [1.54, 1.807) is 4.90 Å². The first-order chi connectivity index (χ1) is 6.07. The van der Waals surface area contributed by atoms with Gasteiger partial charge in [-0.15, -0.1) is 0 Å². The monoisotopic (exact) mass is 182 g/mol. The summed E-state index contributed by atoms with van der Waals surface area (Å²) in [7, 11) is 1.82. The van der Waals surface area contributed by atoms with E-state index in [4.69, 9.17) is 0 Å². The number of allylic oxidation sites excluding steroid dienone is 1. The van der Waals surface area contributed by atoms with Crippen molar-refractivity contribution < 1.29 is 4.79 Å². The SMILES string of the molecule is CCC1=C(C(C)C)C(=O)N(C)CN1. The van der Waals surface area contributed by atoms with E-state index in [0.29, 0.717) is 12.6 Å². The molecular weight excluding hydrogens is 164 g/mol. The summed E-state index contributed by atoms with van der Waals surface area (Å²) in [6.07, 6.45) is 0.910. The Balaban J connectivity index is 3.01. The van der Waals surface area contributed by atoms with Gasteiger partial charge in [0.05, 0.1) is 6.67 Å². The highest BCUT2D eigenvalue weighted by Gasteiger charge is 2.25.